The van der Waals surface area contributed by atoms with E-state index in [0.29, 0.717) is 6.61 Å². The summed E-state index contributed by atoms with van der Waals surface area (Å²) in [5.74, 6) is 6.61. The topological polar surface area (TPSA) is 76.8 Å². The van der Waals surface area contributed by atoms with Crippen LogP contribution >= 0.6 is 0 Å². The number of nitrogens with two attached hydrogens (primary N) is 1. The number of hydrogen-bond donors (Lipinski definition) is 2. The Morgan fingerprint density at radius 2 is 2.17 bits per heavy atom. The normalized spacial score (nSPS) is 15.9. The molecule has 0 radical (unpaired) electrons. The minimum Gasteiger partial charge on any atom is -0.493 e. The van der Waals surface area contributed by atoms with E-state index >= 15 is 0 Å². The van der Waals surface area contributed by atoms with E-state index in [2.05, 4.69) is 16.9 Å². The van der Waals surface area contributed by atoms with Crippen molar-refractivity contribution in [3.05, 3.63) is 36.4 Å². The highest BCUT2D eigenvalue weighted by Crippen LogP contribution is 2.29. The van der Waals surface area contributed by atoms with Gasteiger partial charge in [-0.1, -0.05) is 18.7 Å². The van der Waals surface area contributed by atoms with Gasteiger partial charge < -0.3 is 9.47 Å². The second-order valence-electron chi connectivity index (χ2n) is 5.64. The van der Waals surface area contributed by atoms with Crippen molar-refractivity contribution in [3.8, 4) is 11.5 Å². The van der Waals surface area contributed by atoms with Crippen LogP contribution in [0.5, 0.6) is 11.5 Å². The summed E-state index contributed by atoms with van der Waals surface area (Å²) < 4.78 is 11.0. The summed E-state index contributed by atoms with van der Waals surface area (Å²) in [6.45, 7) is 6.69. The third-order valence-electron chi connectivity index (χ3n) is 4.09. The summed E-state index contributed by atoms with van der Waals surface area (Å²) >= 11 is 0. The summed E-state index contributed by atoms with van der Waals surface area (Å²) in [5, 5.41) is 0. The standard InChI is InChI=1S/C17H25N3O3/c1-3-10-23-15-5-4-13(11-16(15)22-2)12-20-8-6-14(7-9-20)17(21)19-18/h3-5,11,14H,1,6-10,12,18H2,2H3,(H,19,21). The Hall–Kier alpha value is -2.05. The van der Waals surface area contributed by atoms with Crippen LogP contribution in [0.4, 0.5) is 0 Å². The highest BCUT2D eigenvalue weighted by molar-refractivity contribution is 5.78. The molecular weight excluding hydrogens is 294 g/mol. The largest absolute Gasteiger partial charge is 0.493 e. The first kappa shape index (κ1) is 17.3. The molecule has 3 N–H and O–H groups in total. The summed E-state index contributed by atoms with van der Waals surface area (Å²) in [6, 6.07) is 5.96. The van der Waals surface area contributed by atoms with Gasteiger partial charge in [-0.25, -0.2) is 5.84 Å². The van der Waals surface area contributed by atoms with Gasteiger partial charge in [0.05, 0.1) is 7.11 Å². The molecule has 126 valence electrons. The SMILES string of the molecule is C=CCOc1ccc(CN2CCC(C(=O)NN)CC2)cc1OC. The number of amides is 1. The minimum atomic E-state index is -0.0601. The van der Waals surface area contributed by atoms with E-state index in [4.69, 9.17) is 15.3 Å². The number of carbonyl (C=O) groups excluding carboxylic acids is 1. The van der Waals surface area contributed by atoms with Gasteiger partial charge in [-0.05, 0) is 43.6 Å². The average molecular weight is 319 g/mol. The number of hydrogen-bond acceptors (Lipinski definition) is 5. The number of nitrogens with zero attached hydrogens (tertiary/aromatic N) is 1. The Labute approximate surface area is 137 Å². The number of rotatable bonds is 7. The van der Waals surface area contributed by atoms with Gasteiger partial charge >= 0.3 is 0 Å². The fourth-order valence-corrected chi connectivity index (χ4v) is 2.81. The maximum atomic E-state index is 11.5. The van der Waals surface area contributed by atoms with Gasteiger partial charge in [-0.2, -0.15) is 0 Å². The van der Waals surface area contributed by atoms with Crippen molar-refractivity contribution in [1.29, 1.82) is 0 Å². The van der Waals surface area contributed by atoms with Crippen LogP contribution in [0.2, 0.25) is 0 Å². The molecule has 1 aromatic rings. The zero-order valence-corrected chi connectivity index (χ0v) is 13.6. The molecule has 1 amide bonds. The first-order chi connectivity index (χ1) is 11.2. The van der Waals surface area contributed by atoms with Crippen LogP contribution < -0.4 is 20.7 Å². The molecule has 23 heavy (non-hydrogen) atoms. The fraction of sp³-hybridized carbons (Fsp3) is 0.471. The molecule has 0 bridgehead atoms. The second kappa shape index (κ2) is 8.55. The van der Waals surface area contributed by atoms with Gasteiger partial charge in [-0.3, -0.25) is 15.1 Å². The molecular formula is C17H25N3O3. The van der Waals surface area contributed by atoms with Crippen molar-refractivity contribution in [2.45, 2.75) is 19.4 Å². The van der Waals surface area contributed by atoms with Gasteiger partial charge in [0.1, 0.15) is 6.61 Å². The number of nitrogens with one attached hydrogen (secondary N) is 1. The number of methoxy groups -OCH3 is 1. The predicted octanol–water partition coefficient (Wildman–Crippen LogP) is 1.46. The second-order valence-corrected chi connectivity index (χ2v) is 5.64. The lowest BCUT2D eigenvalue weighted by molar-refractivity contribution is -0.126. The van der Waals surface area contributed by atoms with Crippen LogP contribution in [0.25, 0.3) is 0 Å². The van der Waals surface area contributed by atoms with Crippen molar-refractivity contribution >= 4 is 5.91 Å². The molecule has 0 unspecified atom stereocenters. The molecule has 0 spiro atoms. The molecule has 1 fully saturated rings. The molecule has 1 saturated heterocycles. The first-order valence-electron chi connectivity index (χ1n) is 7.81. The molecule has 6 heteroatoms. The van der Waals surface area contributed by atoms with Crippen molar-refractivity contribution in [3.63, 3.8) is 0 Å². The summed E-state index contributed by atoms with van der Waals surface area (Å²) in [6.07, 6.45) is 3.37. The molecule has 0 saturated carbocycles. The Bertz CT molecular complexity index is 540. The van der Waals surface area contributed by atoms with E-state index in [1.165, 1.54) is 0 Å². The number of benzene rings is 1. The lowest BCUT2D eigenvalue weighted by Gasteiger charge is -2.31. The van der Waals surface area contributed by atoms with Crippen molar-refractivity contribution in [1.82, 2.24) is 10.3 Å². The smallest absolute Gasteiger partial charge is 0.237 e. The lowest BCUT2D eigenvalue weighted by Crippen LogP contribution is -2.42. The van der Waals surface area contributed by atoms with Crippen LogP contribution in [0, 0.1) is 5.92 Å². The quantitative estimate of drug-likeness (QED) is 0.344. The number of piperidine rings is 1. The molecule has 0 aliphatic carbocycles. The Morgan fingerprint density at radius 1 is 1.43 bits per heavy atom. The third kappa shape index (κ3) is 4.71. The zero-order valence-electron chi connectivity index (χ0n) is 13.6. The molecule has 1 aliphatic heterocycles. The van der Waals surface area contributed by atoms with Crippen LogP contribution in [0.1, 0.15) is 18.4 Å². The predicted molar refractivity (Wildman–Crippen MR) is 89.0 cm³/mol. The monoisotopic (exact) mass is 319 g/mol. The summed E-state index contributed by atoms with van der Waals surface area (Å²) in [4.78, 5) is 13.9. The van der Waals surface area contributed by atoms with Gasteiger partial charge in [0.25, 0.3) is 0 Å². The van der Waals surface area contributed by atoms with E-state index in [9.17, 15) is 4.79 Å². The number of hydrazine groups is 1. The van der Waals surface area contributed by atoms with Gasteiger partial charge in [-0.15, -0.1) is 0 Å². The highest BCUT2D eigenvalue weighted by atomic mass is 16.5. The van der Waals surface area contributed by atoms with Crippen LogP contribution in [-0.2, 0) is 11.3 Å². The zero-order chi connectivity index (χ0) is 16.7. The molecule has 0 atom stereocenters. The Kier molecular flexibility index (Phi) is 6.43. The minimum absolute atomic E-state index is 0.0282. The first-order valence-corrected chi connectivity index (χ1v) is 7.81. The van der Waals surface area contributed by atoms with E-state index in [1.807, 2.05) is 18.2 Å². The average Bonchev–Trinajstić information content (AvgIpc) is 2.60. The molecule has 1 aromatic carbocycles. The van der Waals surface area contributed by atoms with Crippen LogP contribution in [-0.4, -0.2) is 37.6 Å². The fourth-order valence-electron chi connectivity index (χ4n) is 2.81. The van der Waals surface area contributed by atoms with E-state index < -0.39 is 0 Å². The maximum Gasteiger partial charge on any atom is 0.237 e. The third-order valence-corrected chi connectivity index (χ3v) is 4.09. The van der Waals surface area contributed by atoms with Crippen LogP contribution in [0.15, 0.2) is 30.9 Å². The van der Waals surface area contributed by atoms with Gasteiger partial charge in [0.15, 0.2) is 11.5 Å². The number of carbonyl (C=O) groups is 1. The Morgan fingerprint density at radius 3 is 2.78 bits per heavy atom. The van der Waals surface area contributed by atoms with Crippen LogP contribution in [0.3, 0.4) is 0 Å². The van der Waals surface area contributed by atoms with Crippen molar-refractivity contribution < 1.29 is 14.3 Å². The molecule has 1 heterocycles. The van der Waals surface area contributed by atoms with E-state index in [1.54, 1.807) is 13.2 Å². The maximum absolute atomic E-state index is 11.5. The number of likely N-dealkylation sites (tertiary alicyclic amines) is 1. The van der Waals surface area contributed by atoms with Gasteiger partial charge in [0, 0.05) is 12.5 Å². The van der Waals surface area contributed by atoms with Crippen molar-refractivity contribution in [2.75, 3.05) is 26.8 Å². The van der Waals surface area contributed by atoms with Gasteiger partial charge in [0.2, 0.25) is 5.91 Å². The molecule has 6 nitrogen and oxygen atoms in total. The molecule has 2 rings (SSSR count). The molecule has 0 aromatic heterocycles. The van der Waals surface area contributed by atoms with E-state index in [0.717, 1.165) is 49.5 Å². The summed E-state index contributed by atoms with van der Waals surface area (Å²) in [5.41, 5.74) is 3.40. The number of ether oxygens (including phenoxy) is 2. The summed E-state index contributed by atoms with van der Waals surface area (Å²) in [7, 11) is 1.64. The lowest BCUT2D eigenvalue weighted by atomic mass is 9.96. The highest BCUT2D eigenvalue weighted by Gasteiger charge is 2.24. The van der Waals surface area contributed by atoms with E-state index in [-0.39, 0.29) is 11.8 Å². The van der Waals surface area contributed by atoms with Crippen molar-refractivity contribution in [2.24, 2.45) is 11.8 Å². The molecule has 1 aliphatic rings. The Balaban J connectivity index is 1.93.